The van der Waals surface area contributed by atoms with Crippen molar-refractivity contribution < 1.29 is 0 Å². The predicted molar refractivity (Wildman–Crippen MR) is 72.2 cm³/mol. The Hall–Kier alpha value is -0.0800. The Morgan fingerprint density at radius 1 is 1.06 bits per heavy atom. The molecule has 1 N–H and O–H groups in total. The molecule has 0 amide bonds. The molecule has 1 saturated carbocycles. The number of nitrogens with one attached hydrogen (secondary N) is 1. The molecule has 0 aromatic carbocycles. The quantitative estimate of drug-likeness (QED) is 0.789. The van der Waals surface area contributed by atoms with Crippen LogP contribution in [0, 0.1) is 5.92 Å². The molecule has 0 aromatic heterocycles. The largest absolute Gasteiger partial charge is 0.314 e. The number of fused-ring (bicyclic) bond motifs is 2. The lowest BCUT2D eigenvalue weighted by atomic mass is 9.96. The first-order valence-corrected chi connectivity index (χ1v) is 7.84. The minimum absolute atomic E-state index is 0.822. The molecular weight excluding hydrogens is 208 g/mol. The second kappa shape index (κ2) is 4.89. The zero-order valence-corrected chi connectivity index (χ0v) is 11.5. The summed E-state index contributed by atoms with van der Waals surface area (Å²) in [5.74, 6) is 1.04. The van der Waals surface area contributed by atoms with Gasteiger partial charge >= 0.3 is 0 Å². The van der Waals surface area contributed by atoms with Crippen LogP contribution in [0.2, 0.25) is 0 Å². The first-order valence-electron chi connectivity index (χ1n) is 7.84. The van der Waals surface area contributed by atoms with Gasteiger partial charge in [0.1, 0.15) is 0 Å². The van der Waals surface area contributed by atoms with E-state index in [2.05, 4.69) is 24.1 Å². The van der Waals surface area contributed by atoms with E-state index in [0.29, 0.717) is 0 Å². The summed E-state index contributed by atoms with van der Waals surface area (Å²) in [5, 5.41) is 3.75. The van der Waals surface area contributed by atoms with Crippen LogP contribution >= 0.6 is 0 Å². The lowest BCUT2D eigenvalue weighted by Crippen LogP contribution is -2.50. The highest BCUT2D eigenvalue weighted by molar-refractivity contribution is 5.06. The van der Waals surface area contributed by atoms with Gasteiger partial charge in [-0.05, 0) is 51.0 Å². The number of hydrogen-bond acceptors (Lipinski definition) is 2. The average molecular weight is 236 g/mol. The SMILES string of the molecule is CCCNC1CC2CCC(C1)N2C1CC1CC. The van der Waals surface area contributed by atoms with E-state index in [9.17, 15) is 0 Å². The fraction of sp³-hybridized carbons (Fsp3) is 1.00. The molecule has 98 valence electrons. The number of rotatable bonds is 5. The Morgan fingerprint density at radius 2 is 1.76 bits per heavy atom. The lowest BCUT2D eigenvalue weighted by molar-refractivity contribution is 0.102. The molecule has 2 bridgehead atoms. The van der Waals surface area contributed by atoms with Gasteiger partial charge in [0.25, 0.3) is 0 Å². The second-order valence-electron chi connectivity index (χ2n) is 6.43. The first kappa shape index (κ1) is 12.0. The number of piperidine rings is 1. The van der Waals surface area contributed by atoms with Crippen LogP contribution in [0.15, 0.2) is 0 Å². The lowest BCUT2D eigenvalue weighted by Gasteiger charge is -2.40. The summed E-state index contributed by atoms with van der Waals surface area (Å²) in [6, 6.07) is 3.64. The van der Waals surface area contributed by atoms with E-state index in [4.69, 9.17) is 0 Å². The summed E-state index contributed by atoms with van der Waals surface area (Å²) < 4.78 is 0. The Balaban J connectivity index is 1.57. The van der Waals surface area contributed by atoms with E-state index >= 15 is 0 Å². The van der Waals surface area contributed by atoms with Crippen LogP contribution in [0.25, 0.3) is 0 Å². The monoisotopic (exact) mass is 236 g/mol. The summed E-state index contributed by atoms with van der Waals surface area (Å²) >= 11 is 0. The van der Waals surface area contributed by atoms with Crippen LogP contribution in [0.4, 0.5) is 0 Å². The highest BCUT2D eigenvalue weighted by atomic mass is 15.3. The van der Waals surface area contributed by atoms with Gasteiger partial charge in [-0.3, -0.25) is 4.90 Å². The molecule has 0 radical (unpaired) electrons. The second-order valence-corrected chi connectivity index (χ2v) is 6.43. The van der Waals surface area contributed by atoms with Gasteiger partial charge in [-0.25, -0.2) is 0 Å². The molecule has 2 saturated heterocycles. The smallest absolute Gasteiger partial charge is 0.0133 e. The molecule has 0 aromatic rings. The van der Waals surface area contributed by atoms with Crippen LogP contribution in [0.1, 0.15) is 58.8 Å². The van der Waals surface area contributed by atoms with Crippen molar-refractivity contribution >= 4 is 0 Å². The third-order valence-electron chi connectivity index (χ3n) is 5.27. The summed E-state index contributed by atoms with van der Waals surface area (Å²) in [5.41, 5.74) is 0. The van der Waals surface area contributed by atoms with Crippen molar-refractivity contribution in [3.63, 3.8) is 0 Å². The maximum atomic E-state index is 3.75. The van der Waals surface area contributed by atoms with Crippen molar-refractivity contribution in [2.45, 2.75) is 83.0 Å². The Kier molecular flexibility index (Phi) is 3.45. The summed E-state index contributed by atoms with van der Waals surface area (Å²) in [7, 11) is 0. The van der Waals surface area contributed by atoms with E-state index in [-0.39, 0.29) is 0 Å². The van der Waals surface area contributed by atoms with E-state index in [0.717, 1.165) is 30.1 Å². The summed E-state index contributed by atoms with van der Waals surface area (Å²) in [6.45, 7) is 5.85. The van der Waals surface area contributed by atoms with Gasteiger partial charge in [0.15, 0.2) is 0 Å². The van der Waals surface area contributed by atoms with Crippen LogP contribution in [0.3, 0.4) is 0 Å². The number of hydrogen-bond donors (Lipinski definition) is 1. The molecule has 2 aliphatic heterocycles. The molecule has 4 unspecified atom stereocenters. The Morgan fingerprint density at radius 3 is 2.29 bits per heavy atom. The summed E-state index contributed by atoms with van der Waals surface area (Å²) in [4.78, 5) is 2.93. The zero-order valence-electron chi connectivity index (χ0n) is 11.5. The van der Waals surface area contributed by atoms with Gasteiger partial charge in [0.05, 0.1) is 0 Å². The molecule has 2 heterocycles. The molecule has 2 heteroatoms. The zero-order chi connectivity index (χ0) is 11.8. The van der Waals surface area contributed by atoms with Crippen LogP contribution in [0.5, 0.6) is 0 Å². The highest BCUT2D eigenvalue weighted by Gasteiger charge is 2.50. The highest BCUT2D eigenvalue weighted by Crippen LogP contribution is 2.47. The van der Waals surface area contributed by atoms with Crippen molar-refractivity contribution in [3.05, 3.63) is 0 Å². The molecule has 3 rings (SSSR count). The molecule has 0 spiro atoms. The maximum absolute atomic E-state index is 3.75. The molecular formula is C15H28N2. The molecule has 17 heavy (non-hydrogen) atoms. The van der Waals surface area contributed by atoms with Crippen molar-refractivity contribution in [2.75, 3.05) is 6.54 Å². The minimum Gasteiger partial charge on any atom is -0.314 e. The van der Waals surface area contributed by atoms with E-state index in [1.807, 2.05) is 0 Å². The maximum Gasteiger partial charge on any atom is 0.0133 e. The van der Waals surface area contributed by atoms with Gasteiger partial charge in [-0.1, -0.05) is 20.3 Å². The predicted octanol–water partition coefficient (Wildman–Crippen LogP) is 2.78. The Labute approximate surface area is 106 Å². The molecule has 1 aliphatic carbocycles. The topological polar surface area (TPSA) is 15.3 Å². The number of nitrogens with zero attached hydrogens (tertiary/aromatic N) is 1. The molecule has 2 nitrogen and oxygen atoms in total. The van der Waals surface area contributed by atoms with E-state index < -0.39 is 0 Å². The average Bonchev–Trinajstić information content (AvgIpc) is 3.08. The fourth-order valence-corrected chi connectivity index (χ4v) is 4.31. The van der Waals surface area contributed by atoms with Crippen molar-refractivity contribution in [1.29, 1.82) is 0 Å². The summed E-state index contributed by atoms with van der Waals surface area (Å²) in [6.07, 6.45) is 9.96. The molecule has 3 fully saturated rings. The van der Waals surface area contributed by atoms with Crippen molar-refractivity contribution in [3.8, 4) is 0 Å². The normalized spacial score (nSPS) is 45.2. The molecule has 4 atom stereocenters. The Bertz CT molecular complexity index is 252. The van der Waals surface area contributed by atoms with E-state index in [1.165, 1.54) is 51.5 Å². The van der Waals surface area contributed by atoms with Gasteiger partial charge < -0.3 is 5.32 Å². The van der Waals surface area contributed by atoms with Crippen molar-refractivity contribution in [1.82, 2.24) is 10.2 Å². The van der Waals surface area contributed by atoms with Crippen LogP contribution in [-0.4, -0.2) is 35.6 Å². The van der Waals surface area contributed by atoms with Gasteiger partial charge in [-0.15, -0.1) is 0 Å². The van der Waals surface area contributed by atoms with Crippen LogP contribution < -0.4 is 5.32 Å². The van der Waals surface area contributed by atoms with Gasteiger partial charge in [-0.2, -0.15) is 0 Å². The third kappa shape index (κ3) is 2.26. The third-order valence-corrected chi connectivity index (χ3v) is 5.27. The van der Waals surface area contributed by atoms with Gasteiger partial charge in [0, 0.05) is 24.2 Å². The van der Waals surface area contributed by atoms with E-state index in [1.54, 1.807) is 0 Å². The fourth-order valence-electron chi connectivity index (χ4n) is 4.31. The van der Waals surface area contributed by atoms with Crippen molar-refractivity contribution in [2.24, 2.45) is 5.92 Å². The minimum atomic E-state index is 0.822. The molecule has 3 aliphatic rings. The van der Waals surface area contributed by atoms with Gasteiger partial charge in [0.2, 0.25) is 0 Å². The standard InChI is InChI=1S/C15H28N2/c1-3-7-16-12-9-13-5-6-14(10-12)17(13)15-8-11(15)4-2/h11-16H,3-10H2,1-2H3. The van der Waals surface area contributed by atoms with Crippen LogP contribution in [-0.2, 0) is 0 Å². The first-order chi connectivity index (χ1) is 8.33.